The molecule has 0 unspecified atom stereocenters. The Morgan fingerprint density at radius 1 is 0.344 bits per heavy atom. The first kappa shape index (κ1) is 98.5. The Kier molecular flexibility index (Phi) is 39.0. The van der Waals surface area contributed by atoms with Gasteiger partial charge >= 0.3 is 0 Å². The Bertz CT molecular complexity index is 5480. The van der Waals surface area contributed by atoms with E-state index in [-0.39, 0.29) is 51.5 Å². The van der Waals surface area contributed by atoms with E-state index in [1.165, 1.54) is 37.0 Å². The lowest BCUT2D eigenvalue weighted by atomic mass is 9.86. The van der Waals surface area contributed by atoms with Crippen molar-refractivity contribution in [3.8, 4) is 46.0 Å². The molecule has 0 N–H and O–H groups in total. The number of methoxy groups -OCH3 is 6. The van der Waals surface area contributed by atoms with Crippen molar-refractivity contribution in [2.24, 2.45) is 11.8 Å². The summed E-state index contributed by atoms with van der Waals surface area (Å²) < 4.78 is 58.3. The van der Waals surface area contributed by atoms with E-state index >= 15 is 0 Å². The molecule has 12 aromatic rings. The molecule has 4 heterocycles. The van der Waals surface area contributed by atoms with E-state index < -0.39 is 5.82 Å². The lowest BCUT2D eigenvalue weighted by molar-refractivity contribution is -0.137. The molecule has 8 aromatic carbocycles. The SMILES string of the molecule is COc1cc(CN(CCc2ccccn2)C(=O)C2CCCCCC2)ccc1OCc1ccccc1.COc1cc(CN(CCc2ccccn2)C(=O)c2ccc(F)cc2Cl)ccc1OCc1ccccc1.COc1ccc(CN(CCc2ccccn2)C(=O)C2CCCCC2)cc1OC.COc1ccc(CN(CCc2ccccn2)C(=O)c2ccc(C(C)(C)C)cc2)cc1OC. The van der Waals surface area contributed by atoms with Gasteiger partial charge in [0, 0.05) is 143 Å². The van der Waals surface area contributed by atoms with Gasteiger partial charge in [-0.1, -0.05) is 199 Å². The zero-order valence-electron chi connectivity index (χ0n) is 77.0. The number of carbonyl (C=O) groups excluding carboxylic acids is 4. The highest BCUT2D eigenvalue weighted by atomic mass is 35.5. The minimum atomic E-state index is -0.493. The van der Waals surface area contributed by atoms with Crippen LogP contribution in [0.5, 0.6) is 46.0 Å². The summed E-state index contributed by atoms with van der Waals surface area (Å²) in [4.78, 5) is 78.9. The molecule has 20 nitrogen and oxygen atoms in total. The zero-order valence-corrected chi connectivity index (χ0v) is 77.8. The molecule has 0 aliphatic heterocycles. The fourth-order valence-electron chi connectivity index (χ4n) is 15.9. The summed E-state index contributed by atoms with van der Waals surface area (Å²) in [5.74, 6) is 5.30. The van der Waals surface area contributed by atoms with Gasteiger partial charge in [-0.25, -0.2) is 4.39 Å². The van der Waals surface area contributed by atoms with E-state index in [4.69, 9.17) is 49.5 Å². The van der Waals surface area contributed by atoms with E-state index in [1.54, 1.807) is 66.1 Å². The van der Waals surface area contributed by atoms with Crippen LogP contribution in [0.1, 0.15) is 174 Å². The second kappa shape index (κ2) is 51.9. The van der Waals surface area contributed by atoms with Crippen LogP contribution in [0, 0.1) is 17.7 Å². The Morgan fingerprint density at radius 2 is 0.664 bits per heavy atom. The summed E-state index contributed by atoms with van der Waals surface area (Å²) in [5.41, 5.74) is 12.1. The summed E-state index contributed by atoms with van der Waals surface area (Å²) in [5, 5.41) is 0.0741. The number of amides is 4. The van der Waals surface area contributed by atoms with Crippen LogP contribution in [0.25, 0.3) is 0 Å². The number of hydrogen-bond acceptors (Lipinski definition) is 16. The van der Waals surface area contributed by atoms with Crippen LogP contribution in [-0.4, -0.2) is 132 Å². The van der Waals surface area contributed by atoms with Gasteiger partial charge in [-0.3, -0.25) is 39.1 Å². The molecular weight excluding hydrogens is 1670 g/mol. The molecule has 0 bridgehead atoms. The molecule has 0 spiro atoms. The predicted molar refractivity (Wildman–Crippen MR) is 513 cm³/mol. The van der Waals surface area contributed by atoms with Crippen molar-refractivity contribution in [2.45, 2.75) is 162 Å². The first-order chi connectivity index (χ1) is 63.8. The number of ether oxygens (including phenoxy) is 8. The van der Waals surface area contributed by atoms with Crippen LogP contribution >= 0.6 is 11.6 Å². The average molecular weight is 1790 g/mol. The number of pyridine rings is 4. The number of hydrogen-bond donors (Lipinski definition) is 0. The Balaban J connectivity index is 0.000000169. The van der Waals surface area contributed by atoms with Gasteiger partial charge in [-0.2, -0.15) is 0 Å². The van der Waals surface area contributed by atoms with Crippen molar-refractivity contribution >= 4 is 35.2 Å². The predicted octanol–water partition coefficient (Wildman–Crippen LogP) is 22.1. The van der Waals surface area contributed by atoms with Gasteiger partial charge in [-0.05, 0) is 197 Å². The van der Waals surface area contributed by atoms with E-state index in [0.717, 1.165) is 126 Å². The summed E-state index contributed by atoms with van der Waals surface area (Å²) >= 11 is 6.21. The van der Waals surface area contributed by atoms with Crippen molar-refractivity contribution in [2.75, 3.05) is 68.8 Å². The maximum absolute atomic E-state index is 13.6. The van der Waals surface area contributed by atoms with Crippen LogP contribution in [-0.2, 0) is 80.1 Å². The number of nitrogens with zero attached hydrogens (tertiary/aromatic N) is 8. The van der Waals surface area contributed by atoms with Crippen molar-refractivity contribution in [1.29, 1.82) is 0 Å². The third-order valence-corrected chi connectivity index (χ3v) is 23.6. The molecule has 4 amide bonds. The van der Waals surface area contributed by atoms with Crippen molar-refractivity contribution < 1.29 is 61.5 Å². The summed E-state index contributed by atoms with van der Waals surface area (Å²) in [6.45, 7) is 11.6. The van der Waals surface area contributed by atoms with Gasteiger partial charge in [0.15, 0.2) is 46.0 Å². The molecule has 686 valence electrons. The highest BCUT2D eigenvalue weighted by Crippen LogP contribution is 2.36. The number of rotatable bonds is 36. The monoisotopic (exact) mass is 1790 g/mol. The Hall–Kier alpha value is -13.1. The fourth-order valence-corrected chi connectivity index (χ4v) is 16.2. The van der Waals surface area contributed by atoms with E-state index in [0.29, 0.717) is 130 Å². The van der Waals surface area contributed by atoms with Gasteiger partial charge in [0.1, 0.15) is 19.0 Å². The molecule has 14 rings (SSSR count). The van der Waals surface area contributed by atoms with Crippen molar-refractivity contribution in [3.63, 3.8) is 0 Å². The molecule has 4 aromatic heterocycles. The Labute approximate surface area is 777 Å². The van der Waals surface area contributed by atoms with Gasteiger partial charge in [0.05, 0.1) is 53.2 Å². The third-order valence-electron chi connectivity index (χ3n) is 23.3. The third kappa shape index (κ3) is 31.0. The minimum absolute atomic E-state index is 0.00354. The fraction of sp³-hybridized carbons (Fsp3) is 0.339. The van der Waals surface area contributed by atoms with Crippen LogP contribution in [0.3, 0.4) is 0 Å². The highest BCUT2D eigenvalue weighted by Gasteiger charge is 2.30. The molecule has 0 atom stereocenters. The quantitative estimate of drug-likeness (QED) is 0.0335. The molecule has 2 aliphatic carbocycles. The second-order valence-corrected chi connectivity index (χ2v) is 34.0. The maximum atomic E-state index is 13.6. The smallest absolute Gasteiger partial charge is 0.255 e. The van der Waals surface area contributed by atoms with E-state index in [9.17, 15) is 23.6 Å². The standard InChI is InChI=1S/C30H36N2O3.C29H26ClFN2O3.C27H32N2O3.C23H30N2O3/c1-34-29-21-25(16-17-28(29)35-23-24-11-5-4-6-12-24)22-32(20-18-27-15-9-10-19-31-27)30(33)26-13-7-2-3-8-14-26;1-35-28-17-22(10-13-27(28)36-20-21-7-3-2-4-8-21)19-33(16-14-24-9-5-6-15-32-24)29(34)25-12-11-23(31)18-26(25)30;1-27(2,3)22-12-10-21(11-13-22)26(30)29(17-15-23-8-6-7-16-28-23)19-20-9-14-24(31-4)25(18-20)32-5;1-27-21-12-11-18(16-22(21)28-2)17-25(15-13-20-10-6-7-14-24-20)23(26)19-8-4-3-5-9-19/h4-6,9-12,15-17,19,21,26H,2-3,7-8,13-14,18,20,22-23H2,1H3;2-13,15,17-18H,14,16,19-20H2,1H3;6-14,16,18H,15,17,19H2,1-5H3;6-7,10-12,14,16,19H,3-5,8-9,13,15,17H2,1-2H3. The van der Waals surface area contributed by atoms with Crippen LogP contribution in [0.4, 0.5) is 4.39 Å². The van der Waals surface area contributed by atoms with Crippen LogP contribution in [0.15, 0.2) is 274 Å². The normalized spacial score (nSPS) is 12.5. The molecule has 0 radical (unpaired) electrons. The molecule has 22 heteroatoms. The first-order valence-corrected chi connectivity index (χ1v) is 45.6. The van der Waals surface area contributed by atoms with Gasteiger partial charge in [0.2, 0.25) is 11.8 Å². The summed E-state index contributed by atoms with van der Waals surface area (Å²) in [6, 6.07) is 78.2. The number of carbonyl (C=O) groups is 4. The molecule has 0 saturated heterocycles. The minimum Gasteiger partial charge on any atom is -0.493 e. The number of halogens is 2. The lowest BCUT2D eigenvalue weighted by Crippen LogP contribution is -2.38. The molecule has 2 fully saturated rings. The highest BCUT2D eigenvalue weighted by molar-refractivity contribution is 6.33. The molecular formula is C109H124ClFN8O12. The second-order valence-electron chi connectivity index (χ2n) is 33.6. The molecule has 2 saturated carbocycles. The van der Waals surface area contributed by atoms with Gasteiger partial charge < -0.3 is 57.5 Å². The largest absolute Gasteiger partial charge is 0.493 e. The van der Waals surface area contributed by atoms with E-state index in [1.807, 2.05) is 251 Å². The first-order valence-electron chi connectivity index (χ1n) is 45.2. The molecule has 2 aliphatic rings. The number of aromatic nitrogens is 4. The van der Waals surface area contributed by atoms with Crippen LogP contribution < -0.4 is 37.9 Å². The summed E-state index contributed by atoms with van der Waals surface area (Å²) in [7, 11) is 9.72. The van der Waals surface area contributed by atoms with Crippen molar-refractivity contribution in [1.82, 2.24) is 39.5 Å². The number of benzene rings is 8. The topological polar surface area (TPSA) is 207 Å². The lowest BCUT2D eigenvalue weighted by Gasteiger charge is -2.29. The van der Waals surface area contributed by atoms with Gasteiger partial charge in [0.25, 0.3) is 11.8 Å². The summed E-state index contributed by atoms with van der Waals surface area (Å²) in [6.07, 6.45) is 22.2. The van der Waals surface area contributed by atoms with Crippen LogP contribution in [0.2, 0.25) is 5.02 Å². The van der Waals surface area contributed by atoms with Crippen molar-refractivity contribution in [3.05, 3.63) is 357 Å². The average Bonchev–Trinajstić information content (AvgIpc) is 1.23. The Morgan fingerprint density at radius 3 is 1.00 bits per heavy atom. The maximum Gasteiger partial charge on any atom is 0.255 e. The molecule has 131 heavy (non-hydrogen) atoms. The van der Waals surface area contributed by atoms with E-state index in [2.05, 4.69) is 40.7 Å². The van der Waals surface area contributed by atoms with Gasteiger partial charge in [-0.15, -0.1) is 0 Å². The zero-order chi connectivity index (χ0) is 92.5.